The Kier molecular flexibility index (Phi) is 2.69. The first-order valence-electron chi connectivity index (χ1n) is 4.80. The molecule has 0 saturated carbocycles. The van der Waals surface area contributed by atoms with Crippen LogP contribution in [0.3, 0.4) is 0 Å². The second-order valence-corrected chi connectivity index (χ2v) is 3.98. The fourth-order valence-corrected chi connectivity index (χ4v) is 2.10. The van der Waals surface area contributed by atoms with Crippen LogP contribution in [0.2, 0.25) is 5.02 Å². The maximum atomic E-state index is 9.80. The van der Waals surface area contributed by atoms with Crippen LogP contribution in [-0.4, -0.2) is 16.6 Å². The molecule has 0 spiro atoms. The summed E-state index contributed by atoms with van der Waals surface area (Å²) in [6.45, 7) is 2.12. The highest BCUT2D eigenvalue weighted by Gasteiger charge is 2.16. The highest BCUT2D eigenvalue weighted by Crippen LogP contribution is 2.31. The molecule has 1 heterocycles. The zero-order valence-corrected chi connectivity index (χ0v) is 9.17. The van der Waals surface area contributed by atoms with Crippen molar-refractivity contribution in [2.24, 2.45) is 5.73 Å². The van der Waals surface area contributed by atoms with Gasteiger partial charge in [0.1, 0.15) is 0 Å². The van der Waals surface area contributed by atoms with Gasteiger partial charge in [-0.1, -0.05) is 23.7 Å². The third-order valence-electron chi connectivity index (χ3n) is 2.58. The summed E-state index contributed by atoms with van der Waals surface area (Å²) in [5, 5.41) is 11.4. The number of aryl methyl sites for hydroxylation is 1. The molecule has 2 rings (SSSR count). The molecule has 0 amide bonds. The van der Waals surface area contributed by atoms with Crippen LogP contribution >= 0.6 is 11.6 Å². The van der Waals surface area contributed by atoms with Crippen LogP contribution in [0.25, 0.3) is 10.9 Å². The van der Waals surface area contributed by atoms with Crippen LogP contribution in [-0.2, 0) is 0 Å². The van der Waals surface area contributed by atoms with E-state index >= 15 is 0 Å². The molecule has 4 N–H and O–H groups in total. The van der Waals surface area contributed by atoms with Crippen LogP contribution in [0.4, 0.5) is 0 Å². The average Bonchev–Trinajstić information content (AvgIpc) is 2.55. The predicted octanol–water partition coefficient (Wildman–Crippen LogP) is 2.12. The molecule has 0 aliphatic heterocycles. The Morgan fingerprint density at radius 2 is 2.27 bits per heavy atom. The van der Waals surface area contributed by atoms with Crippen molar-refractivity contribution in [2.45, 2.75) is 13.0 Å². The van der Waals surface area contributed by atoms with Gasteiger partial charge in [-0.15, -0.1) is 0 Å². The first-order valence-corrected chi connectivity index (χ1v) is 5.17. The number of hydrogen-bond donors (Lipinski definition) is 3. The summed E-state index contributed by atoms with van der Waals surface area (Å²) in [5.41, 5.74) is 8.08. The molecule has 0 saturated heterocycles. The molecule has 4 heteroatoms. The van der Waals surface area contributed by atoms with Gasteiger partial charge in [0.05, 0.1) is 16.6 Å². The van der Waals surface area contributed by atoms with Gasteiger partial charge in [0.25, 0.3) is 0 Å². The van der Waals surface area contributed by atoms with E-state index in [1.54, 1.807) is 0 Å². The maximum Gasteiger partial charge on any atom is 0.0935 e. The number of aromatic nitrogens is 1. The Balaban J connectivity index is 2.73. The molecule has 2 aromatic rings. The molecular formula is C11H13ClN2O. The number of aliphatic hydroxyl groups excluding tert-OH is 1. The summed E-state index contributed by atoms with van der Waals surface area (Å²) in [5.74, 6) is 0. The smallest absolute Gasteiger partial charge is 0.0935 e. The van der Waals surface area contributed by atoms with Gasteiger partial charge in [0.15, 0.2) is 0 Å². The minimum Gasteiger partial charge on any atom is -0.387 e. The number of rotatable bonds is 2. The molecule has 15 heavy (non-hydrogen) atoms. The van der Waals surface area contributed by atoms with Crippen LogP contribution in [0.15, 0.2) is 18.2 Å². The first kappa shape index (κ1) is 10.5. The SMILES string of the molecule is Cc1[nH]c2c(Cl)cccc2c1C(O)CN. The molecule has 0 bridgehead atoms. The van der Waals surface area contributed by atoms with Gasteiger partial charge in [-0.3, -0.25) is 0 Å². The van der Waals surface area contributed by atoms with Crippen LogP contribution in [0.5, 0.6) is 0 Å². The lowest BCUT2D eigenvalue weighted by Gasteiger charge is -2.07. The van der Waals surface area contributed by atoms with Gasteiger partial charge in [0.2, 0.25) is 0 Å². The van der Waals surface area contributed by atoms with Crippen LogP contribution in [0, 0.1) is 6.92 Å². The number of hydrogen-bond acceptors (Lipinski definition) is 2. The van der Waals surface area contributed by atoms with Gasteiger partial charge >= 0.3 is 0 Å². The number of H-pyrrole nitrogens is 1. The normalized spacial score (nSPS) is 13.3. The number of benzene rings is 1. The Hall–Kier alpha value is -1.03. The molecule has 0 radical (unpaired) electrons. The summed E-state index contributed by atoms with van der Waals surface area (Å²) < 4.78 is 0. The third-order valence-corrected chi connectivity index (χ3v) is 2.89. The fraction of sp³-hybridized carbons (Fsp3) is 0.273. The van der Waals surface area contributed by atoms with Crippen molar-refractivity contribution in [3.05, 3.63) is 34.5 Å². The van der Waals surface area contributed by atoms with Crippen molar-refractivity contribution >= 4 is 22.5 Å². The number of nitrogens with two attached hydrogens (primary N) is 1. The number of aliphatic hydroxyl groups is 1. The molecule has 1 atom stereocenters. The highest BCUT2D eigenvalue weighted by molar-refractivity contribution is 6.35. The molecule has 3 nitrogen and oxygen atoms in total. The van der Waals surface area contributed by atoms with Gasteiger partial charge in [0, 0.05) is 23.2 Å². The minimum absolute atomic E-state index is 0.209. The molecule has 0 fully saturated rings. The second-order valence-electron chi connectivity index (χ2n) is 3.58. The standard InChI is InChI=1S/C11H13ClN2O/c1-6-10(9(15)5-13)7-3-2-4-8(12)11(7)14-6/h2-4,9,14-15H,5,13H2,1H3. The topological polar surface area (TPSA) is 62.0 Å². The van der Waals surface area contributed by atoms with E-state index < -0.39 is 6.10 Å². The Morgan fingerprint density at radius 1 is 1.53 bits per heavy atom. The monoisotopic (exact) mass is 224 g/mol. The summed E-state index contributed by atoms with van der Waals surface area (Å²) in [4.78, 5) is 3.16. The molecule has 1 aromatic heterocycles. The van der Waals surface area contributed by atoms with Crippen molar-refractivity contribution in [1.82, 2.24) is 4.98 Å². The lowest BCUT2D eigenvalue weighted by molar-refractivity contribution is 0.187. The summed E-state index contributed by atoms with van der Waals surface area (Å²) in [7, 11) is 0. The van der Waals surface area contributed by atoms with E-state index in [2.05, 4.69) is 4.98 Å². The van der Waals surface area contributed by atoms with E-state index in [0.29, 0.717) is 5.02 Å². The first-order chi connectivity index (χ1) is 7.15. The van der Waals surface area contributed by atoms with Gasteiger partial charge in [-0.2, -0.15) is 0 Å². The molecular weight excluding hydrogens is 212 g/mol. The number of nitrogens with one attached hydrogen (secondary N) is 1. The Bertz CT molecular complexity index is 493. The van der Waals surface area contributed by atoms with E-state index in [1.165, 1.54) is 0 Å². The maximum absolute atomic E-state index is 9.80. The van der Waals surface area contributed by atoms with Crippen LogP contribution < -0.4 is 5.73 Å². The zero-order valence-electron chi connectivity index (χ0n) is 8.42. The lowest BCUT2D eigenvalue weighted by Crippen LogP contribution is -2.12. The summed E-state index contributed by atoms with van der Waals surface area (Å²) >= 11 is 6.05. The molecule has 1 aromatic carbocycles. The largest absolute Gasteiger partial charge is 0.387 e. The summed E-state index contributed by atoms with van der Waals surface area (Å²) in [6.07, 6.45) is -0.641. The quantitative estimate of drug-likeness (QED) is 0.732. The van der Waals surface area contributed by atoms with Crippen molar-refractivity contribution in [3.8, 4) is 0 Å². The van der Waals surface area contributed by atoms with E-state index in [4.69, 9.17) is 17.3 Å². The van der Waals surface area contributed by atoms with Gasteiger partial charge in [-0.25, -0.2) is 0 Å². The van der Waals surface area contributed by atoms with Crippen molar-refractivity contribution in [3.63, 3.8) is 0 Å². The molecule has 0 aliphatic rings. The van der Waals surface area contributed by atoms with Crippen LogP contribution in [0.1, 0.15) is 17.4 Å². The molecule has 80 valence electrons. The summed E-state index contributed by atoms with van der Waals surface area (Å²) in [6, 6.07) is 5.61. The number of fused-ring (bicyclic) bond motifs is 1. The van der Waals surface area contributed by atoms with Crippen molar-refractivity contribution in [1.29, 1.82) is 0 Å². The number of halogens is 1. The molecule has 0 aliphatic carbocycles. The third kappa shape index (κ3) is 1.63. The van der Waals surface area contributed by atoms with E-state index in [9.17, 15) is 5.11 Å². The van der Waals surface area contributed by atoms with Crippen molar-refractivity contribution < 1.29 is 5.11 Å². The molecule has 1 unspecified atom stereocenters. The Morgan fingerprint density at radius 3 is 2.93 bits per heavy atom. The highest BCUT2D eigenvalue weighted by atomic mass is 35.5. The van der Waals surface area contributed by atoms with E-state index in [-0.39, 0.29) is 6.54 Å². The minimum atomic E-state index is -0.641. The predicted molar refractivity (Wildman–Crippen MR) is 62.1 cm³/mol. The van der Waals surface area contributed by atoms with Gasteiger partial charge in [-0.05, 0) is 13.0 Å². The zero-order chi connectivity index (χ0) is 11.0. The lowest BCUT2D eigenvalue weighted by atomic mass is 10.1. The van der Waals surface area contributed by atoms with E-state index in [0.717, 1.165) is 22.2 Å². The van der Waals surface area contributed by atoms with E-state index in [1.807, 2.05) is 25.1 Å². The Labute approximate surface area is 92.9 Å². The number of aromatic amines is 1. The average molecular weight is 225 g/mol. The van der Waals surface area contributed by atoms with Gasteiger partial charge < -0.3 is 15.8 Å². The number of para-hydroxylation sites is 1. The fourth-order valence-electron chi connectivity index (χ4n) is 1.88. The second kappa shape index (κ2) is 3.85. The van der Waals surface area contributed by atoms with Crippen molar-refractivity contribution in [2.75, 3.05) is 6.54 Å².